The Labute approximate surface area is 46.6 Å². The first-order valence-electron chi connectivity index (χ1n) is 2.34. The van der Waals surface area contributed by atoms with Crippen molar-refractivity contribution in [2.45, 2.75) is 13.0 Å². The Kier molecular flexibility index (Phi) is 1.26. The highest BCUT2D eigenvalue weighted by atomic mass is 16.3. The van der Waals surface area contributed by atoms with Gasteiger partial charge in [0.25, 0.3) is 0 Å². The zero-order chi connectivity index (χ0) is 5.98. The van der Waals surface area contributed by atoms with E-state index >= 15 is 0 Å². The molecule has 1 aromatic rings. The predicted molar refractivity (Wildman–Crippen MR) is 27.0 cm³/mol. The molecule has 0 saturated carbocycles. The maximum atomic E-state index is 8.78. The Morgan fingerprint density at radius 2 is 2.62 bits per heavy atom. The Morgan fingerprint density at radius 1 is 1.88 bits per heavy atom. The standard InChI is InChI=1S/C4H7N3O/c1-3(8)4-5-2-6-7-4/h2-3,8H,1H3,(H,5,6,7)/t3-/m1/s1. The molecule has 0 spiro atoms. The van der Waals surface area contributed by atoms with E-state index in [-0.39, 0.29) is 0 Å². The van der Waals surface area contributed by atoms with Crippen molar-refractivity contribution in [2.75, 3.05) is 0 Å². The lowest BCUT2D eigenvalue weighted by molar-refractivity contribution is 0.189. The molecular weight excluding hydrogens is 106 g/mol. The van der Waals surface area contributed by atoms with Crippen LogP contribution in [0.15, 0.2) is 6.33 Å². The van der Waals surface area contributed by atoms with Gasteiger partial charge in [-0.1, -0.05) is 0 Å². The van der Waals surface area contributed by atoms with Crippen LogP contribution in [-0.4, -0.2) is 20.3 Å². The number of H-pyrrole nitrogens is 1. The molecule has 8 heavy (non-hydrogen) atoms. The number of hydrogen-bond acceptors (Lipinski definition) is 3. The molecule has 0 aromatic carbocycles. The van der Waals surface area contributed by atoms with Crippen LogP contribution in [0.1, 0.15) is 18.9 Å². The third kappa shape index (κ3) is 0.840. The van der Waals surface area contributed by atoms with Crippen molar-refractivity contribution in [2.24, 2.45) is 0 Å². The number of nitrogens with zero attached hydrogens (tertiary/aromatic N) is 2. The Morgan fingerprint density at radius 3 is 2.88 bits per heavy atom. The zero-order valence-electron chi connectivity index (χ0n) is 4.50. The van der Waals surface area contributed by atoms with Crippen LogP contribution in [-0.2, 0) is 0 Å². The van der Waals surface area contributed by atoms with Gasteiger partial charge in [-0.25, -0.2) is 4.98 Å². The normalized spacial score (nSPS) is 13.8. The first-order chi connectivity index (χ1) is 3.80. The van der Waals surface area contributed by atoms with Crippen LogP contribution in [0.3, 0.4) is 0 Å². The van der Waals surface area contributed by atoms with Gasteiger partial charge in [-0.15, -0.1) is 0 Å². The predicted octanol–water partition coefficient (Wildman–Crippen LogP) is -0.142. The number of aromatic nitrogens is 3. The molecule has 4 heteroatoms. The van der Waals surface area contributed by atoms with E-state index in [1.165, 1.54) is 6.33 Å². The van der Waals surface area contributed by atoms with Gasteiger partial charge in [-0.05, 0) is 6.92 Å². The first kappa shape index (κ1) is 5.24. The van der Waals surface area contributed by atoms with Gasteiger partial charge in [0.05, 0.1) is 0 Å². The summed E-state index contributed by atoms with van der Waals surface area (Å²) in [6, 6.07) is 0. The number of aliphatic hydroxyl groups is 1. The average Bonchev–Trinajstić information content (AvgIpc) is 2.12. The molecule has 1 heterocycles. The number of hydrogen-bond donors (Lipinski definition) is 2. The van der Waals surface area contributed by atoms with E-state index in [1.807, 2.05) is 0 Å². The third-order valence-corrected chi connectivity index (χ3v) is 0.829. The van der Waals surface area contributed by atoms with Gasteiger partial charge in [0.1, 0.15) is 12.4 Å². The van der Waals surface area contributed by atoms with Crippen LogP contribution in [0.4, 0.5) is 0 Å². The molecule has 4 nitrogen and oxygen atoms in total. The number of aliphatic hydroxyl groups excluding tert-OH is 1. The van der Waals surface area contributed by atoms with Crippen molar-refractivity contribution < 1.29 is 5.11 Å². The molecule has 1 atom stereocenters. The summed E-state index contributed by atoms with van der Waals surface area (Å²) in [7, 11) is 0. The Hall–Kier alpha value is -0.900. The molecule has 1 aromatic heterocycles. The molecule has 44 valence electrons. The van der Waals surface area contributed by atoms with Crippen LogP contribution in [0.5, 0.6) is 0 Å². The lowest BCUT2D eigenvalue weighted by Crippen LogP contribution is -1.92. The summed E-state index contributed by atoms with van der Waals surface area (Å²) in [6.07, 6.45) is 0.819. The molecule has 2 N–H and O–H groups in total. The fraction of sp³-hybridized carbons (Fsp3) is 0.500. The monoisotopic (exact) mass is 113 g/mol. The molecular formula is C4H7N3O. The minimum atomic E-state index is -0.544. The maximum Gasteiger partial charge on any atom is 0.152 e. The number of nitrogens with one attached hydrogen (secondary N) is 1. The van der Waals surface area contributed by atoms with Gasteiger partial charge >= 0.3 is 0 Å². The molecule has 0 amide bonds. The summed E-state index contributed by atoms with van der Waals surface area (Å²) in [4.78, 5) is 3.70. The summed E-state index contributed by atoms with van der Waals surface area (Å²) in [6.45, 7) is 1.63. The number of aromatic amines is 1. The highest BCUT2D eigenvalue weighted by Crippen LogP contribution is 2.00. The topological polar surface area (TPSA) is 61.8 Å². The average molecular weight is 113 g/mol. The molecule has 0 bridgehead atoms. The number of rotatable bonds is 1. The second-order valence-corrected chi connectivity index (χ2v) is 1.55. The highest BCUT2D eigenvalue weighted by molar-refractivity contribution is 4.82. The Bertz CT molecular complexity index is 146. The molecule has 0 aliphatic heterocycles. The molecule has 0 saturated heterocycles. The van der Waals surface area contributed by atoms with E-state index in [0.717, 1.165) is 0 Å². The molecule has 1 rings (SSSR count). The van der Waals surface area contributed by atoms with E-state index in [0.29, 0.717) is 5.82 Å². The SMILES string of the molecule is C[C@@H](O)c1ncn[nH]1. The quantitative estimate of drug-likeness (QED) is 0.532. The summed E-state index contributed by atoms with van der Waals surface area (Å²) in [5.74, 6) is 0.505. The van der Waals surface area contributed by atoms with Crippen LogP contribution >= 0.6 is 0 Å². The summed E-state index contributed by atoms with van der Waals surface area (Å²) in [5.41, 5.74) is 0. The largest absolute Gasteiger partial charge is 0.385 e. The molecule has 0 aliphatic carbocycles. The first-order valence-corrected chi connectivity index (χ1v) is 2.34. The minimum Gasteiger partial charge on any atom is -0.385 e. The van der Waals surface area contributed by atoms with Crippen molar-refractivity contribution in [3.8, 4) is 0 Å². The van der Waals surface area contributed by atoms with E-state index in [1.54, 1.807) is 6.92 Å². The van der Waals surface area contributed by atoms with E-state index in [4.69, 9.17) is 5.11 Å². The van der Waals surface area contributed by atoms with Crippen LogP contribution < -0.4 is 0 Å². The van der Waals surface area contributed by atoms with E-state index < -0.39 is 6.10 Å². The second kappa shape index (κ2) is 1.92. The lowest BCUT2D eigenvalue weighted by atomic mass is 10.4. The van der Waals surface area contributed by atoms with Gasteiger partial charge < -0.3 is 5.11 Å². The van der Waals surface area contributed by atoms with E-state index in [9.17, 15) is 0 Å². The lowest BCUT2D eigenvalue weighted by Gasteiger charge is -1.93. The Balaban J connectivity index is 2.77. The summed E-state index contributed by atoms with van der Waals surface area (Å²) >= 11 is 0. The van der Waals surface area contributed by atoms with Crippen molar-refractivity contribution in [3.05, 3.63) is 12.2 Å². The van der Waals surface area contributed by atoms with Gasteiger partial charge in [-0.2, -0.15) is 5.10 Å². The molecule has 0 radical (unpaired) electrons. The van der Waals surface area contributed by atoms with E-state index in [2.05, 4.69) is 15.2 Å². The van der Waals surface area contributed by atoms with Crippen molar-refractivity contribution in [3.63, 3.8) is 0 Å². The van der Waals surface area contributed by atoms with Crippen LogP contribution in [0.25, 0.3) is 0 Å². The fourth-order valence-electron chi connectivity index (χ4n) is 0.416. The highest BCUT2D eigenvalue weighted by Gasteiger charge is 1.99. The summed E-state index contributed by atoms with van der Waals surface area (Å²) in [5, 5.41) is 14.9. The fourth-order valence-corrected chi connectivity index (χ4v) is 0.416. The third-order valence-electron chi connectivity index (χ3n) is 0.829. The maximum absolute atomic E-state index is 8.78. The second-order valence-electron chi connectivity index (χ2n) is 1.55. The molecule has 0 unspecified atom stereocenters. The minimum absolute atomic E-state index is 0.505. The molecule has 0 fully saturated rings. The van der Waals surface area contributed by atoms with Crippen LogP contribution in [0, 0.1) is 0 Å². The summed E-state index contributed by atoms with van der Waals surface area (Å²) < 4.78 is 0. The zero-order valence-corrected chi connectivity index (χ0v) is 4.50. The molecule has 0 aliphatic rings. The van der Waals surface area contributed by atoms with Crippen molar-refractivity contribution in [1.29, 1.82) is 0 Å². The van der Waals surface area contributed by atoms with Gasteiger partial charge in [0, 0.05) is 0 Å². The van der Waals surface area contributed by atoms with Crippen LogP contribution in [0.2, 0.25) is 0 Å². The van der Waals surface area contributed by atoms with Gasteiger partial charge in [0.15, 0.2) is 5.82 Å². The van der Waals surface area contributed by atoms with Crippen molar-refractivity contribution in [1.82, 2.24) is 15.2 Å². The smallest absolute Gasteiger partial charge is 0.152 e. The van der Waals surface area contributed by atoms with Gasteiger partial charge in [-0.3, -0.25) is 5.10 Å². The van der Waals surface area contributed by atoms with Gasteiger partial charge in [0.2, 0.25) is 0 Å². The van der Waals surface area contributed by atoms with Crippen molar-refractivity contribution >= 4 is 0 Å².